The van der Waals surface area contributed by atoms with Gasteiger partial charge in [-0.15, -0.1) is 0 Å². The number of aromatic nitrogens is 2. The average Bonchev–Trinajstić information content (AvgIpc) is 3.40. The monoisotopic (exact) mass is 351 g/mol. The Labute approximate surface area is 152 Å². The van der Waals surface area contributed by atoms with E-state index in [2.05, 4.69) is 62.2 Å². The molecule has 1 aliphatic carbocycles. The molecule has 4 nitrogen and oxygen atoms in total. The molecule has 1 saturated heterocycles. The molecular formula is C20H23N4S+. The van der Waals surface area contributed by atoms with Crippen molar-refractivity contribution < 1.29 is 5.32 Å². The molecule has 1 fully saturated rings. The minimum absolute atomic E-state index is 0.443. The number of thioether (sulfide) groups is 1. The fraction of sp³-hybridized carbons (Fsp3) is 0.350. The second-order valence-electron chi connectivity index (χ2n) is 7.03. The van der Waals surface area contributed by atoms with Gasteiger partial charge in [0.05, 0.1) is 5.56 Å². The third kappa shape index (κ3) is 2.86. The zero-order chi connectivity index (χ0) is 16.6. The molecule has 2 aliphatic heterocycles. The SMILES string of the molecule is C1=CCC(c2cnc3[nH]cc(C4=CSC(N5CCCC5)[NH2+]4)c3c2)C=C1. The summed E-state index contributed by atoms with van der Waals surface area (Å²) in [5, 5.41) is 5.99. The molecule has 5 heteroatoms. The van der Waals surface area contributed by atoms with Crippen molar-refractivity contribution in [2.75, 3.05) is 13.1 Å². The third-order valence-corrected chi connectivity index (χ3v) is 6.53. The number of allylic oxidation sites excluding steroid dienone is 4. The third-order valence-electron chi connectivity index (χ3n) is 5.43. The van der Waals surface area contributed by atoms with Crippen LogP contribution in [0.1, 0.15) is 36.3 Å². The van der Waals surface area contributed by atoms with Crippen LogP contribution < -0.4 is 5.32 Å². The first-order chi connectivity index (χ1) is 12.4. The van der Waals surface area contributed by atoms with Crippen LogP contribution in [0.15, 0.2) is 48.2 Å². The fourth-order valence-corrected chi connectivity index (χ4v) is 5.10. The van der Waals surface area contributed by atoms with Crippen LogP contribution in [0.4, 0.5) is 0 Å². The lowest BCUT2D eigenvalue weighted by Crippen LogP contribution is -2.87. The predicted octanol–water partition coefficient (Wildman–Crippen LogP) is 3.15. The van der Waals surface area contributed by atoms with Gasteiger partial charge in [-0.25, -0.2) is 9.88 Å². The van der Waals surface area contributed by atoms with Gasteiger partial charge in [0.2, 0.25) is 0 Å². The standard InChI is InChI=1S/C20H22N4S/c1-2-6-14(7-3-1)15-10-16-17(12-22-19(16)21-11-15)18-13-25-20(23-18)24-8-4-5-9-24/h1-3,6,10-14,20,23H,4-5,7-9H2,(H,21,22)/p+1. The van der Waals surface area contributed by atoms with Gasteiger partial charge in [0.1, 0.15) is 11.3 Å². The van der Waals surface area contributed by atoms with Crippen molar-refractivity contribution in [2.45, 2.75) is 30.7 Å². The highest BCUT2D eigenvalue weighted by Crippen LogP contribution is 2.31. The van der Waals surface area contributed by atoms with Crippen LogP contribution in [0.3, 0.4) is 0 Å². The molecule has 128 valence electrons. The van der Waals surface area contributed by atoms with Gasteiger partial charge < -0.3 is 4.98 Å². The summed E-state index contributed by atoms with van der Waals surface area (Å²) in [5.41, 5.74) is 5.42. The molecule has 0 radical (unpaired) electrons. The zero-order valence-electron chi connectivity index (χ0n) is 14.2. The molecule has 3 N–H and O–H groups in total. The van der Waals surface area contributed by atoms with Crippen LogP contribution in [-0.4, -0.2) is 33.5 Å². The Morgan fingerprint density at radius 1 is 1.24 bits per heavy atom. The minimum atomic E-state index is 0.443. The molecule has 2 atom stereocenters. The summed E-state index contributed by atoms with van der Waals surface area (Å²) in [5.74, 6) is 0.443. The van der Waals surface area contributed by atoms with Crippen LogP contribution >= 0.6 is 11.8 Å². The Bertz CT molecular complexity index is 873. The lowest BCUT2D eigenvalue weighted by atomic mass is 9.93. The summed E-state index contributed by atoms with van der Waals surface area (Å²) in [7, 11) is 0. The largest absolute Gasteiger partial charge is 0.345 e. The number of fused-ring (bicyclic) bond motifs is 1. The van der Waals surface area contributed by atoms with Crippen molar-refractivity contribution >= 4 is 28.5 Å². The number of aromatic amines is 1. The Balaban J connectivity index is 1.43. The van der Waals surface area contributed by atoms with Gasteiger partial charge in [-0.2, -0.15) is 0 Å². The van der Waals surface area contributed by atoms with Crippen molar-refractivity contribution in [3.05, 3.63) is 59.3 Å². The van der Waals surface area contributed by atoms with E-state index < -0.39 is 0 Å². The molecule has 2 unspecified atom stereocenters. The Morgan fingerprint density at radius 3 is 3.00 bits per heavy atom. The van der Waals surface area contributed by atoms with Gasteiger partial charge in [0.15, 0.2) is 5.50 Å². The average molecular weight is 351 g/mol. The van der Waals surface area contributed by atoms with Gasteiger partial charge in [-0.3, -0.25) is 5.32 Å². The van der Waals surface area contributed by atoms with Crippen LogP contribution in [0, 0.1) is 0 Å². The first-order valence-corrected chi connectivity index (χ1v) is 10.1. The number of rotatable bonds is 3. The Kier molecular flexibility index (Phi) is 4.00. The normalized spacial score (nSPS) is 26.6. The van der Waals surface area contributed by atoms with E-state index >= 15 is 0 Å². The van der Waals surface area contributed by atoms with Crippen molar-refractivity contribution in [3.8, 4) is 0 Å². The summed E-state index contributed by atoms with van der Waals surface area (Å²) in [6.45, 7) is 2.47. The first-order valence-electron chi connectivity index (χ1n) is 9.14. The number of H-pyrrole nitrogens is 1. The van der Waals surface area contributed by atoms with Crippen molar-refractivity contribution in [1.82, 2.24) is 14.9 Å². The number of nitrogens with one attached hydrogen (secondary N) is 1. The number of pyridine rings is 1. The second kappa shape index (κ2) is 6.48. The van der Waals surface area contributed by atoms with Crippen LogP contribution in [0.25, 0.3) is 16.7 Å². The maximum absolute atomic E-state index is 4.67. The van der Waals surface area contributed by atoms with E-state index in [-0.39, 0.29) is 0 Å². The van der Waals surface area contributed by atoms with Gasteiger partial charge in [0.25, 0.3) is 0 Å². The number of likely N-dealkylation sites (tertiary alicyclic amines) is 1. The fourth-order valence-electron chi connectivity index (χ4n) is 4.00. The minimum Gasteiger partial charge on any atom is -0.345 e. The first kappa shape index (κ1) is 15.4. The molecule has 0 spiro atoms. The van der Waals surface area contributed by atoms with Crippen molar-refractivity contribution in [3.63, 3.8) is 0 Å². The number of hydrogen-bond donors (Lipinski definition) is 2. The van der Waals surface area contributed by atoms with Crippen LogP contribution in [0.5, 0.6) is 0 Å². The molecule has 2 aromatic heterocycles. The highest BCUT2D eigenvalue weighted by molar-refractivity contribution is 8.02. The van der Waals surface area contributed by atoms with E-state index in [4.69, 9.17) is 0 Å². The van der Waals surface area contributed by atoms with Gasteiger partial charge in [-0.1, -0.05) is 24.3 Å². The smallest absolute Gasteiger partial charge is 0.199 e. The van der Waals surface area contributed by atoms with E-state index in [9.17, 15) is 0 Å². The van der Waals surface area contributed by atoms with Gasteiger partial charge in [0, 0.05) is 42.2 Å². The maximum atomic E-state index is 4.67. The molecule has 2 aromatic rings. The predicted molar refractivity (Wildman–Crippen MR) is 104 cm³/mol. The van der Waals surface area contributed by atoms with Crippen LogP contribution in [0.2, 0.25) is 0 Å². The number of nitrogens with two attached hydrogens (primary N) is 1. The molecule has 0 aromatic carbocycles. The second-order valence-corrected chi connectivity index (χ2v) is 8.02. The van der Waals surface area contributed by atoms with E-state index in [1.807, 2.05) is 18.0 Å². The molecule has 4 heterocycles. The Morgan fingerprint density at radius 2 is 2.16 bits per heavy atom. The summed E-state index contributed by atoms with van der Waals surface area (Å²) < 4.78 is 0. The molecule has 25 heavy (non-hydrogen) atoms. The zero-order valence-corrected chi connectivity index (χ0v) is 15.0. The lowest BCUT2D eigenvalue weighted by molar-refractivity contribution is -0.596. The van der Waals surface area contributed by atoms with Crippen molar-refractivity contribution in [2.24, 2.45) is 0 Å². The van der Waals surface area contributed by atoms with Gasteiger partial charge in [-0.05, 0) is 42.7 Å². The van der Waals surface area contributed by atoms with E-state index in [1.54, 1.807) is 0 Å². The van der Waals surface area contributed by atoms with Crippen molar-refractivity contribution in [1.29, 1.82) is 0 Å². The molecule has 3 aliphatic rings. The number of nitrogens with zero attached hydrogens (tertiary/aromatic N) is 2. The molecular weight excluding hydrogens is 328 g/mol. The van der Waals surface area contributed by atoms with Gasteiger partial charge >= 0.3 is 0 Å². The highest BCUT2D eigenvalue weighted by Gasteiger charge is 2.31. The summed E-state index contributed by atoms with van der Waals surface area (Å²) >= 11 is 1.94. The lowest BCUT2D eigenvalue weighted by Gasteiger charge is -2.19. The maximum Gasteiger partial charge on any atom is 0.199 e. The topological polar surface area (TPSA) is 48.5 Å². The summed E-state index contributed by atoms with van der Waals surface area (Å²) in [6, 6.07) is 2.32. The number of hydrogen-bond acceptors (Lipinski definition) is 3. The van der Waals surface area contributed by atoms with E-state index in [0.717, 1.165) is 12.1 Å². The molecule has 5 rings (SSSR count). The quantitative estimate of drug-likeness (QED) is 0.893. The Hall–Kier alpha value is -1.82. The molecule has 0 amide bonds. The van der Waals surface area contributed by atoms with Crippen LogP contribution in [-0.2, 0) is 0 Å². The molecule has 0 bridgehead atoms. The van der Waals surface area contributed by atoms with E-state index in [0.29, 0.717) is 11.4 Å². The number of quaternary nitrogens is 1. The summed E-state index contributed by atoms with van der Waals surface area (Å²) in [6.07, 6.45) is 16.6. The molecule has 0 saturated carbocycles. The van der Waals surface area contributed by atoms with E-state index in [1.165, 1.54) is 48.1 Å². The highest BCUT2D eigenvalue weighted by atomic mass is 32.2. The summed E-state index contributed by atoms with van der Waals surface area (Å²) in [4.78, 5) is 10.6.